The predicted molar refractivity (Wildman–Crippen MR) is 83.7 cm³/mol. The summed E-state index contributed by atoms with van der Waals surface area (Å²) in [5, 5.41) is 0. The molecule has 0 rings (SSSR count). The zero-order chi connectivity index (χ0) is 15.4. The van der Waals surface area contributed by atoms with Crippen molar-refractivity contribution in [3.63, 3.8) is 0 Å². The molecule has 0 fully saturated rings. The van der Waals surface area contributed by atoms with Gasteiger partial charge in [0.2, 0.25) is 0 Å². The van der Waals surface area contributed by atoms with Gasteiger partial charge in [0.1, 0.15) is 0 Å². The van der Waals surface area contributed by atoms with Crippen LogP contribution in [0.2, 0.25) is 12.6 Å². The van der Waals surface area contributed by atoms with Gasteiger partial charge in [0.15, 0.2) is 6.79 Å². The summed E-state index contributed by atoms with van der Waals surface area (Å²) in [6.45, 7) is 9.32. The van der Waals surface area contributed by atoms with E-state index in [4.69, 9.17) is 13.6 Å². The number of rotatable bonds is 12. The number of hydrogen-bond acceptors (Lipinski definition) is 4. The molecule has 0 aromatic rings. The molecule has 118 valence electrons. The van der Waals surface area contributed by atoms with Crippen LogP contribution in [-0.4, -0.2) is 28.4 Å². The fraction of sp³-hybridized carbons (Fsp3) is 0.800. The van der Waals surface area contributed by atoms with Crippen LogP contribution in [0.25, 0.3) is 0 Å². The SMILES string of the molecule is C=C(C)C(=O)OCO[Si](C)(CCCCCCCC)OC. The molecule has 20 heavy (non-hydrogen) atoms. The fourth-order valence-corrected chi connectivity index (χ4v) is 3.46. The average Bonchev–Trinajstić information content (AvgIpc) is 2.42. The van der Waals surface area contributed by atoms with E-state index < -0.39 is 14.5 Å². The monoisotopic (exact) mass is 302 g/mol. The second-order valence-corrected chi connectivity index (χ2v) is 8.79. The number of ether oxygens (including phenoxy) is 1. The summed E-state index contributed by atoms with van der Waals surface area (Å²) in [6.07, 6.45) is 7.47. The Morgan fingerprint density at radius 2 is 1.75 bits per heavy atom. The van der Waals surface area contributed by atoms with Gasteiger partial charge in [-0.1, -0.05) is 52.0 Å². The lowest BCUT2D eigenvalue weighted by atomic mass is 10.1. The quantitative estimate of drug-likeness (QED) is 0.178. The van der Waals surface area contributed by atoms with Crippen LogP contribution in [0.3, 0.4) is 0 Å². The molecule has 0 aliphatic carbocycles. The smallest absolute Gasteiger partial charge is 0.337 e. The van der Waals surface area contributed by atoms with Crippen molar-refractivity contribution in [1.29, 1.82) is 0 Å². The van der Waals surface area contributed by atoms with Gasteiger partial charge in [0, 0.05) is 12.7 Å². The second kappa shape index (κ2) is 11.1. The van der Waals surface area contributed by atoms with E-state index in [9.17, 15) is 4.79 Å². The van der Waals surface area contributed by atoms with Gasteiger partial charge in [-0.2, -0.15) is 0 Å². The van der Waals surface area contributed by atoms with Crippen LogP contribution in [0.15, 0.2) is 12.2 Å². The highest BCUT2D eigenvalue weighted by Crippen LogP contribution is 2.18. The van der Waals surface area contributed by atoms with Crippen molar-refractivity contribution in [2.45, 2.75) is 65.0 Å². The summed E-state index contributed by atoms with van der Waals surface area (Å²) in [7, 11) is -0.530. The highest BCUT2D eigenvalue weighted by Gasteiger charge is 2.30. The normalized spacial score (nSPS) is 13.8. The topological polar surface area (TPSA) is 44.8 Å². The van der Waals surface area contributed by atoms with Gasteiger partial charge in [0.05, 0.1) is 0 Å². The minimum atomic E-state index is -2.20. The summed E-state index contributed by atoms with van der Waals surface area (Å²) >= 11 is 0. The Kier molecular flexibility index (Phi) is 10.7. The first-order chi connectivity index (χ1) is 9.45. The first-order valence-corrected chi connectivity index (χ1v) is 9.99. The van der Waals surface area contributed by atoms with Crippen molar-refractivity contribution in [2.24, 2.45) is 0 Å². The first kappa shape index (κ1) is 19.3. The van der Waals surface area contributed by atoms with E-state index in [0.29, 0.717) is 5.57 Å². The Bertz CT molecular complexity index is 294. The zero-order valence-corrected chi connectivity index (χ0v) is 14.5. The molecule has 4 nitrogen and oxygen atoms in total. The third-order valence-corrected chi connectivity index (χ3v) is 6.17. The summed E-state index contributed by atoms with van der Waals surface area (Å²) in [4.78, 5) is 11.3. The van der Waals surface area contributed by atoms with Crippen molar-refractivity contribution in [3.8, 4) is 0 Å². The van der Waals surface area contributed by atoms with E-state index >= 15 is 0 Å². The number of carbonyl (C=O) groups excluding carboxylic acids is 1. The van der Waals surface area contributed by atoms with Crippen LogP contribution in [0.4, 0.5) is 0 Å². The van der Waals surface area contributed by atoms with E-state index in [-0.39, 0.29) is 6.79 Å². The van der Waals surface area contributed by atoms with Crippen LogP contribution in [0.1, 0.15) is 52.4 Å². The molecule has 5 heteroatoms. The van der Waals surface area contributed by atoms with Gasteiger partial charge in [-0.05, 0) is 19.5 Å². The molecule has 1 atom stereocenters. The molecule has 0 amide bonds. The van der Waals surface area contributed by atoms with Gasteiger partial charge >= 0.3 is 14.5 Å². The van der Waals surface area contributed by atoms with Crippen molar-refractivity contribution >= 4 is 14.5 Å². The molecular formula is C15H30O4Si. The van der Waals surface area contributed by atoms with Gasteiger partial charge < -0.3 is 13.6 Å². The van der Waals surface area contributed by atoms with E-state index in [0.717, 1.165) is 12.5 Å². The molecule has 0 aliphatic heterocycles. The van der Waals surface area contributed by atoms with Crippen molar-refractivity contribution in [2.75, 3.05) is 13.9 Å². The molecule has 0 spiro atoms. The molecule has 0 saturated carbocycles. The Labute approximate surface area is 124 Å². The maximum atomic E-state index is 11.3. The molecule has 0 N–H and O–H groups in total. The Balaban J connectivity index is 3.83. The maximum absolute atomic E-state index is 11.3. The van der Waals surface area contributed by atoms with Crippen LogP contribution >= 0.6 is 0 Å². The Morgan fingerprint density at radius 3 is 2.30 bits per heavy atom. The number of unbranched alkanes of at least 4 members (excludes halogenated alkanes) is 5. The lowest BCUT2D eigenvalue weighted by molar-refractivity contribution is -0.146. The third-order valence-electron chi connectivity index (χ3n) is 3.32. The third kappa shape index (κ3) is 9.28. The lowest BCUT2D eigenvalue weighted by Crippen LogP contribution is -2.38. The average molecular weight is 302 g/mol. The predicted octanol–water partition coefficient (Wildman–Crippen LogP) is 4.16. The molecule has 0 saturated heterocycles. The van der Waals surface area contributed by atoms with Crippen LogP contribution in [0.5, 0.6) is 0 Å². The van der Waals surface area contributed by atoms with Gasteiger partial charge in [0.25, 0.3) is 0 Å². The van der Waals surface area contributed by atoms with Gasteiger partial charge in [-0.25, -0.2) is 4.79 Å². The van der Waals surface area contributed by atoms with Gasteiger partial charge in [-0.15, -0.1) is 0 Å². The summed E-state index contributed by atoms with van der Waals surface area (Å²) in [5.41, 5.74) is 0.380. The van der Waals surface area contributed by atoms with Crippen LogP contribution < -0.4 is 0 Å². The minimum absolute atomic E-state index is 0.0436. The molecule has 0 heterocycles. The Morgan fingerprint density at radius 1 is 1.15 bits per heavy atom. The molecule has 0 radical (unpaired) electrons. The first-order valence-electron chi connectivity index (χ1n) is 7.47. The largest absolute Gasteiger partial charge is 0.436 e. The van der Waals surface area contributed by atoms with Crippen molar-refractivity contribution in [1.82, 2.24) is 0 Å². The van der Waals surface area contributed by atoms with E-state index in [1.54, 1.807) is 14.0 Å². The van der Waals surface area contributed by atoms with Crippen molar-refractivity contribution in [3.05, 3.63) is 12.2 Å². The zero-order valence-electron chi connectivity index (χ0n) is 13.5. The lowest BCUT2D eigenvalue weighted by Gasteiger charge is -2.24. The summed E-state index contributed by atoms with van der Waals surface area (Å²) in [5.74, 6) is -0.419. The van der Waals surface area contributed by atoms with E-state index in [2.05, 4.69) is 13.5 Å². The minimum Gasteiger partial charge on any atom is -0.436 e. The van der Waals surface area contributed by atoms with E-state index in [1.165, 1.54) is 32.1 Å². The van der Waals surface area contributed by atoms with Gasteiger partial charge in [-0.3, -0.25) is 0 Å². The maximum Gasteiger partial charge on any atom is 0.337 e. The number of hydrogen-bond donors (Lipinski definition) is 0. The molecule has 0 aromatic carbocycles. The summed E-state index contributed by atoms with van der Waals surface area (Å²) in [6, 6.07) is 0.931. The Hall–Kier alpha value is -0.653. The summed E-state index contributed by atoms with van der Waals surface area (Å²) < 4.78 is 16.1. The van der Waals surface area contributed by atoms with Crippen molar-refractivity contribution < 1.29 is 18.4 Å². The molecule has 0 aromatic heterocycles. The van der Waals surface area contributed by atoms with E-state index in [1.807, 2.05) is 6.55 Å². The molecule has 0 bridgehead atoms. The molecular weight excluding hydrogens is 272 g/mol. The molecule has 0 aliphatic rings. The number of carbonyl (C=O) groups is 1. The number of esters is 1. The second-order valence-electron chi connectivity index (χ2n) is 5.33. The standard InChI is InChI=1S/C15H30O4Si/c1-6-7-8-9-10-11-12-20(5,17-4)19-13-18-15(16)14(2)3/h2,6-13H2,1,3-5H3. The highest BCUT2D eigenvalue weighted by atomic mass is 28.4. The van der Waals surface area contributed by atoms with Crippen LogP contribution in [0, 0.1) is 0 Å². The molecule has 1 unspecified atom stereocenters. The fourth-order valence-electron chi connectivity index (χ4n) is 1.79. The van der Waals surface area contributed by atoms with Crippen LogP contribution in [-0.2, 0) is 18.4 Å². The highest BCUT2D eigenvalue weighted by molar-refractivity contribution is 6.65.